The first-order valence-electron chi connectivity index (χ1n) is 10.0. The van der Waals surface area contributed by atoms with Gasteiger partial charge in [0.25, 0.3) is 5.91 Å². The summed E-state index contributed by atoms with van der Waals surface area (Å²) in [5.41, 5.74) is 5.45. The molecule has 2 heterocycles. The number of nitrogens with one attached hydrogen (secondary N) is 1. The minimum absolute atomic E-state index is 0.00617. The topological polar surface area (TPSA) is 114 Å². The number of amides is 4. The third kappa shape index (κ3) is 5.68. The number of nitrogens with zero attached hydrogens (tertiary/aromatic N) is 2. The second-order valence-corrected chi connectivity index (χ2v) is 9.04. The molecule has 2 aliphatic heterocycles. The molecule has 0 saturated carbocycles. The fourth-order valence-corrected chi connectivity index (χ4v) is 5.55. The van der Waals surface area contributed by atoms with Gasteiger partial charge in [-0.2, -0.15) is 0 Å². The molecule has 3 N–H and O–H groups in total. The third-order valence-corrected chi connectivity index (χ3v) is 6.97. The molecule has 0 aliphatic carbocycles. The Hall–Kier alpha value is -2.42. The van der Waals surface area contributed by atoms with Crippen LogP contribution < -0.4 is 15.8 Å². The Kier molecular flexibility index (Phi) is 8.28. The smallest absolute Gasteiger partial charge is 0.410 e. The normalized spacial score (nSPS) is 21.7. The molecule has 3 atom stereocenters. The van der Waals surface area contributed by atoms with Gasteiger partial charge in [0.2, 0.25) is 0 Å². The molecule has 2 fully saturated rings. The van der Waals surface area contributed by atoms with E-state index in [2.05, 4.69) is 11.9 Å². The van der Waals surface area contributed by atoms with E-state index in [0.717, 1.165) is 12.8 Å². The first kappa shape index (κ1) is 24.2. The van der Waals surface area contributed by atoms with E-state index >= 15 is 0 Å². The fourth-order valence-electron chi connectivity index (χ4n) is 4.23. The van der Waals surface area contributed by atoms with E-state index in [1.165, 1.54) is 12.1 Å². The molecule has 12 heteroatoms. The zero-order chi connectivity index (χ0) is 23.3. The van der Waals surface area contributed by atoms with Gasteiger partial charge in [0.05, 0.1) is 13.2 Å². The Bertz CT molecular complexity index is 906. The molecular weight excluding hydrogens is 475 g/mol. The molecule has 172 valence electrons. The SMILES string of the molecule is C=CCOC(=O)N1[C@@H]2CC[C@H]1C[C@H](N(P=S)C(=O)COc1ccc(Cl)cc1NC(N)=O)C2. The predicted octanol–water partition coefficient (Wildman–Crippen LogP) is 3.68. The van der Waals surface area contributed by atoms with Crippen molar-refractivity contribution in [3.05, 3.63) is 35.9 Å². The van der Waals surface area contributed by atoms with Gasteiger partial charge in [0, 0.05) is 23.1 Å². The van der Waals surface area contributed by atoms with E-state index in [4.69, 9.17) is 38.6 Å². The van der Waals surface area contributed by atoms with Gasteiger partial charge in [-0.15, -0.1) is 0 Å². The number of primary amides is 1. The third-order valence-electron chi connectivity index (χ3n) is 5.48. The number of fused-ring (bicyclic) bond motifs is 2. The van der Waals surface area contributed by atoms with Crippen LogP contribution in [0.15, 0.2) is 30.9 Å². The molecule has 0 unspecified atom stereocenters. The number of hydrogen-bond acceptors (Lipinski definition) is 6. The summed E-state index contributed by atoms with van der Waals surface area (Å²) >= 11 is 11.2. The molecule has 0 spiro atoms. The zero-order valence-corrected chi connectivity index (χ0v) is 19.7. The average molecular weight is 499 g/mol. The van der Waals surface area contributed by atoms with E-state index in [9.17, 15) is 14.4 Å². The lowest BCUT2D eigenvalue weighted by atomic mass is 9.97. The molecule has 2 saturated heterocycles. The number of nitrogens with two attached hydrogens (primary N) is 1. The summed E-state index contributed by atoms with van der Waals surface area (Å²) in [6, 6.07) is 3.74. The molecule has 3 rings (SSSR count). The molecule has 9 nitrogen and oxygen atoms in total. The minimum Gasteiger partial charge on any atom is -0.482 e. The van der Waals surface area contributed by atoms with Gasteiger partial charge in [0.1, 0.15) is 12.4 Å². The number of ether oxygens (including phenoxy) is 2. The summed E-state index contributed by atoms with van der Waals surface area (Å²) < 4.78 is 12.4. The van der Waals surface area contributed by atoms with Gasteiger partial charge in [-0.1, -0.05) is 24.3 Å². The van der Waals surface area contributed by atoms with Gasteiger partial charge in [0.15, 0.2) is 6.61 Å². The van der Waals surface area contributed by atoms with Crippen LogP contribution in [0.1, 0.15) is 25.7 Å². The highest BCUT2D eigenvalue weighted by Crippen LogP contribution is 2.39. The summed E-state index contributed by atoms with van der Waals surface area (Å²) in [6.45, 7) is 3.46. The number of carbonyl (C=O) groups is 3. The van der Waals surface area contributed by atoms with Crippen molar-refractivity contribution in [1.29, 1.82) is 0 Å². The van der Waals surface area contributed by atoms with E-state index in [0.29, 0.717) is 25.4 Å². The Balaban J connectivity index is 1.63. The summed E-state index contributed by atoms with van der Waals surface area (Å²) in [5.74, 6) is -0.0175. The number of halogens is 1. The largest absolute Gasteiger partial charge is 0.482 e. The molecule has 1 aromatic carbocycles. The lowest BCUT2D eigenvalue weighted by molar-refractivity contribution is -0.130. The van der Waals surface area contributed by atoms with Crippen LogP contribution in [-0.4, -0.2) is 58.9 Å². The van der Waals surface area contributed by atoms with Crippen molar-refractivity contribution in [3.8, 4) is 5.75 Å². The maximum Gasteiger partial charge on any atom is 0.410 e. The summed E-state index contributed by atoms with van der Waals surface area (Å²) in [4.78, 5) is 38.3. The van der Waals surface area contributed by atoms with Crippen LogP contribution in [0.4, 0.5) is 15.3 Å². The lowest BCUT2D eigenvalue weighted by Gasteiger charge is -2.40. The van der Waals surface area contributed by atoms with Gasteiger partial charge in [-0.05, 0) is 55.7 Å². The predicted molar refractivity (Wildman–Crippen MR) is 125 cm³/mol. The Morgan fingerprint density at radius 3 is 2.62 bits per heavy atom. The Morgan fingerprint density at radius 2 is 2.03 bits per heavy atom. The molecule has 0 radical (unpaired) electrons. The van der Waals surface area contributed by atoms with Crippen LogP contribution in [0.2, 0.25) is 5.02 Å². The maximum absolute atomic E-state index is 12.9. The van der Waals surface area contributed by atoms with Crippen molar-refractivity contribution in [2.45, 2.75) is 43.8 Å². The number of carbonyl (C=O) groups excluding carboxylic acids is 3. The van der Waals surface area contributed by atoms with E-state index < -0.39 is 6.03 Å². The number of hydrogen-bond donors (Lipinski definition) is 2. The number of rotatable bonds is 8. The van der Waals surface area contributed by atoms with Gasteiger partial charge in [-0.25, -0.2) is 9.59 Å². The van der Waals surface area contributed by atoms with Crippen molar-refractivity contribution in [2.75, 3.05) is 18.5 Å². The van der Waals surface area contributed by atoms with Crippen LogP contribution in [0, 0.1) is 0 Å². The Labute approximate surface area is 197 Å². The highest BCUT2D eigenvalue weighted by atomic mass is 35.5. The number of urea groups is 1. The molecule has 2 aliphatic rings. The fraction of sp³-hybridized carbons (Fsp3) is 0.450. The molecule has 1 aromatic rings. The summed E-state index contributed by atoms with van der Waals surface area (Å²) in [5, 5.41) is 2.80. The standard InChI is InChI=1S/C20H24ClN4O5PS/c1-2-7-29-20(28)24-13-4-5-14(24)10-15(9-13)25(31-32)18(26)11-30-17-6-3-12(21)8-16(17)23-19(22)27/h2-3,6,8,13-15H,1,4-5,7,9-11H2,(H3,22,23,27)/t13-,14+,15-. The minimum atomic E-state index is -0.775. The van der Waals surface area contributed by atoms with Gasteiger partial charge < -0.3 is 25.4 Å². The van der Waals surface area contributed by atoms with Crippen LogP contribution >= 0.6 is 19.1 Å². The van der Waals surface area contributed by atoms with Crippen LogP contribution in [-0.2, 0) is 21.3 Å². The second-order valence-electron chi connectivity index (χ2n) is 7.52. The first-order valence-corrected chi connectivity index (χ1v) is 12.3. The molecular formula is C20H24ClN4O5PS. The molecule has 4 amide bonds. The molecule has 0 aromatic heterocycles. The number of anilines is 1. The Morgan fingerprint density at radius 1 is 1.34 bits per heavy atom. The maximum atomic E-state index is 12.9. The van der Waals surface area contributed by atoms with Crippen molar-refractivity contribution < 1.29 is 23.9 Å². The number of piperidine rings is 1. The van der Waals surface area contributed by atoms with Crippen LogP contribution in [0.5, 0.6) is 5.75 Å². The van der Waals surface area contributed by atoms with Crippen molar-refractivity contribution in [2.24, 2.45) is 5.73 Å². The highest BCUT2D eigenvalue weighted by molar-refractivity contribution is 7.95. The monoisotopic (exact) mass is 498 g/mol. The lowest BCUT2D eigenvalue weighted by Crippen LogP contribution is -2.52. The van der Waals surface area contributed by atoms with E-state index in [-0.39, 0.29) is 54.8 Å². The summed E-state index contributed by atoms with van der Waals surface area (Å²) in [7, 11) is 0.381. The average Bonchev–Trinajstić information content (AvgIpc) is 3.01. The first-order chi connectivity index (χ1) is 15.3. The van der Waals surface area contributed by atoms with E-state index in [1.54, 1.807) is 21.7 Å². The molecule has 2 bridgehead atoms. The van der Waals surface area contributed by atoms with Crippen LogP contribution in [0.3, 0.4) is 0 Å². The van der Waals surface area contributed by atoms with Crippen molar-refractivity contribution in [3.63, 3.8) is 0 Å². The number of benzene rings is 1. The highest BCUT2D eigenvalue weighted by Gasteiger charge is 2.46. The van der Waals surface area contributed by atoms with Crippen molar-refractivity contribution >= 4 is 54.6 Å². The van der Waals surface area contributed by atoms with Gasteiger partial charge >= 0.3 is 12.1 Å². The van der Waals surface area contributed by atoms with Gasteiger partial charge in [-0.3, -0.25) is 9.46 Å². The second kappa shape index (κ2) is 10.9. The van der Waals surface area contributed by atoms with Crippen molar-refractivity contribution in [1.82, 2.24) is 9.57 Å². The quantitative estimate of drug-likeness (QED) is 0.417. The zero-order valence-electron chi connectivity index (χ0n) is 17.2. The van der Waals surface area contributed by atoms with Crippen LogP contribution in [0.25, 0.3) is 0 Å². The van der Waals surface area contributed by atoms with E-state index in [1.807, 2.05) is 0 Å². The summed E-state index contributed by atoms with van der Waals surface area (Å²) in [6.07, 6.45) is 4.18. The molecule has 32 heavy (non-hydrogen) atoms.